The van der Waals surface area contributed by atoms with Crippen LogP contribution in [0.25, 0.3) is 0 Å². The first-order chi connectivity index (χ1) is 12.3. The van der Waals surface area contributed by atoms with E-state index in [0.717, 1.165) is 12.8 Å². The molecule has 27 heavy (non-hydrogen) atoms. The molecule has 1 aliphatic heterocycles. The largest absolute Gasteiger partial charge is 0.342 e. The lowest BCUT2D eigenvalue weighted by Crippen LogP contribution is -2.34. The summed E-state index contributed by atoms with van der Waals surface area (Å²) >= 11 is 0. The summed E-state index contributed by atoms with van der Waals surface area (Å²) < 4.78 is 0. The van der Waals surface area contributed by atoms with Gasteiger partial charge in [-0.3, -0.25) is 19.3 Å². The second-order valence-electron chi connectivity index (χ2n) is 7.30. The quantitative estimate of drug-likeness (QED) is 0.686. The van der Waals surface area contributed by atoms with Gasteiger partial charge in [-0.1, -0.05) is 27.2 Å². The summed E-state index contributed by atoms with van der Waals surface area (Å²) in [4.78, 5) is 40.4. The van der Waals surface area contributed by atoms with Gasteiger partial charge in [0.05, 0.1) is 11.1 Å². The van der Waals surface area contributed by atoms with Crippen molar-refractivity contribution in [3.8, 4) is 0 Å². The number of hydrogen-bond donors (Lipinski definition) is 1. The van der Waals surface area contributed by atoms with Crippen molar-refractivity contribution < 1.29 is 14.4 Å². The van der Waals surface area contributed by atoms with Gasteiger partial charge in [0.25, 0.3) is 17.7 Å². The number of rotatable bonds is 8. The van der Waals surface area contributed by atoms with Gasteiger partial charge in [-0.15, -0.1) is 12.4 Å². The summed E-state index contributed by atoms with van der Waals surface area (Å²) in [6.07, 6.45) is 2.39. The molecule has 150 valence electrons. The molecule has 1 unspecified atom stereocenters. The molecule has 1 aromatic carbocycles. The van der Waals surface area contributed by atoms with Crippen molar-refractivity contribution in [2.75, 3.05) is 20.1 Å². The van der Waals surface area contributed by atoms with Crippen LogP contribution in [0.4, 0.5) is 0 Å². The third-order valence-electron chi connectivity index (χ3n) is 4.95. The van der Waals surface area contributed by atoms with E-state index in [2.05, 4.69) is 13.8 Å². The summed E-state index contributed by atoms with van der Waals surface area (Å²) in [6, 6.07) is 4.79. The molecule has 7 heteroatoms. The average molecular weight is 396 g/mol. The van der Waals surface area contributed by atoms with E-state index < -0.39 is 0 Å². The van der Waals surface area contributed by atoms with Crippen LogP contribution in [0.3, 0.4) is 0 Å². The first-order valence-electron chi connectivity index (χ1n) is 9.29. The summed E-state index contributed by atoms with van der Waals surface area (Å²) in [7, 11) is 1.73. The zero-order valence-corrected chi connectivity index (χ0v) is 17.3. The predicted molar refractivity (Wildman–Crippen MR) is 108 cm³/mol. The third-order valence-corrected chi connectivity index (χ3v) is 4.95. The fraction of sp³-hybridized carbons (Fsp3) is 0.550. The zero-order valence-electron chi connectivity index (χ0n) is 16.5. The van der Waals surface area contributed by atoms with E-state index in [4.69, 9.17) is 5.73 Å². The first-order valence-corrected chi connectivity index (χ1v) is 9.29. The number of benzene rings is 1. The fourth-order valence-corrected chi connectivity index (χ4v) is 2.94. The maximum atomic E-state index is 12.6. The minimum atomic E-state index is -0.308. The van der Waals surface area contributed by atoms with Crippen molar-refractivity contribution in [3.05, 3.63) is 34.9 Å². The van der Waals surface area contributed by atoms with Gasteiger partial charge in [-0.2, -0.15) is 0 Å². The average Bonchev–Trinajstić information content (AvgIpc) is 2.86. The van der Waals surface area contributed by atoms with Crippen LogP contribution in [-0.2, 0) is 0 Å². The van der Waals surface area contributed by atoms with Crippen LogP contribution in [0.2, 0.25) is 0 Å². The Morgan fingerprint density at radius 1 is 1.19 bits per heavy atom. The molecule has 1 heterocycles. The molecule has 1 atom stereocenters. The fourth-order valence-electron chi connectivity index (χ4n) is 2.94. The summed E-state index contributed by atoms with van der Waals surface area (Å²) in [6.45, 7) is 7.08. The number of unbranched alkanes of at least 4 members (excludes halogenated alkanes) is 1. The second-order valence-corrected chi connectivity index (χ2v) is 7.30. The highest BCUT2D eigenvalue weighted by Gasteiger charge is 2.35. The van der Waals surface area contributed by atoms with Crippen molar-refractivity contribution in [2.45, 2.75) is 46.1 Å². The predicted octanol–water partition coefficient (Wildman–Crippen LogP) is 2.95. The summed E-state index contributed by atoms with van der Waals surface area (Å²) in [5.41, 5.74) is 7.16. The Balaban J connectivity index is 0.00000364. The number of fused-ring (bicyclic) bond motifs is 1. The molecule has 0 saturated carbocycles. The summed E-state index contributed by atoms with van der Waals surface area (Å²) in [5.74, 6) is -0.390. The van der Waals surface area contributed by atoms with Gasteiger partial charge in [0.2, 0.25) is 0 Å². The van der Waals surface area contributed by atoms with Crippen molar-refractivity contribution in [1.29, 1.82) is 0 Å². The smallest absolute Gasteiger partial charge is 0.261 e. The third kappa shape index (κ3) is 5.08. The van der Waals surface area contributed by atoms with E-state index in [1.54, 1.807) is 30.1 Å². The van der Waals surface area contributed by atoms with Crippen LogP contribution in [0.15, 0.2) is 18.2 Å². The molecule has 1 aliphatic rings. The molecule has 0 radical (unpaired) electrons. The molecule has 0 saturated heterocycles. The Labute approximate surface area is 167 Å². The van der Waals surface area contributed by atoms with Crippen LogP contribution in [0.5, 0.6) is 0 Å². The number of imide groups is 1. The topological polar surface area (TPSA) is 83.7 Å². The number of halogens is 1. The van der Waals surface area contributed by atoms with Gasteiger partial charge in [-0.25, -0.2) is 0 Å². The van der Waals surface area contributed by atoms with E-state index in [0.29, 0.717) is 42.1 Å². The van der Waals surface area contributed by atoms with Gasteiger partial charge < -0.3 is 10.6 Å². The standard InChI is InChI=1S/C20H29N3O3.ClH/c1-5-6-10-23-19(25)15-8-7-14(12-16(15)20(23)26)18(24)22(4)11-9-17(21)13(2)3;/h7-8,12-13,17H,5-6,9-11,21H2,1-4H3;1H. The molecule has 2 N–H and O–H groups in total. The maximum Gasteiger partial charge on any atom is 0.261 e. The Hall–Kier alpha value is -1.92. The van der Waals surface area contributed by atoms with E-state index in [1.165, 1.54) is 4.90 Å². The van der Waals surface area contributed by atoms with Crippen LogP contribution < -0.4 is 5.73 Å². The van der Waals surface area contributed by atoms with Crippen molar-refractivity contribution >= 4 is 30.1 Å². The molecule has 3 amide bonds. The minimum absolute atomic E-state index is 0. The van der Waals surface area contributed by atoms with E-state index >= 15 is 0 Å². The van der Waals surface area contributed by atoms with Crippen molar-refractivity contribution in [3.63, 3.8) is 0 Å². The molecular formula is C20H30ClN3O3. The van der Waals surface area contributed by atoms with E-state index in [9.17, 15) is 14.4 Å². The molecule has 0 aliphatic carbocycles. The van der Waals surface area contributed by atoms with E-state index in [-0.39, 0.29) is 36.2 Å². The first kappa shape index (κ1) is 23.1. The molecule has 6 nitrogen and oxygen atoms in total. The lowest BCUT2D eigenvalue weighted by Gasteiger charge is -2.21. The zero-order chi connectivity index (χ0) is 19.4. The molecule has 0 fully saturated rings. The van der Waals surface area contributed by atoms with Gasteiger partial charge >= 0.3 is 0 Å². The van der Waals surface area contributed by atoms with Gasteiger partial charge in [0.15, 0.2) is 0 Å². The minimum Gasteiger partial charge on any atom is -0.342 e. The highest BCUT2D eigenvalue weighted by atomic mass is 35.5. The van der Waals surface area contributed by atoms with Gasteiger partial charge in [-0.05, 0) is 37.0 Å². The Morgan fingerprint density at radius 2 is 1.81 bits per heavy atom. The lowest BCUT2D eigenvalue weighted by atomic mass is 10.0. The summed E-state index contributed by atoms with van der Waals surface area (Å²) in [5, 5.41) is 0. The molecule has 1 aromatic rings. The number of amides is 3. The number of nitrogens with zero attached hydrogens (tertiary/aromatic N) is 2. The Morgan fingerprint density at radius 3 is 2.41 bits per heavy atom. The molecule has 2 rings (SSSR count). The van der Waals surface area contributed by atoms with Gasteiger partial charge in [0, 0.05) is 31.7 Å². The van der Waals surface area contributed by atoms with Gasteiger partial charge in [0.1, 0.15) is 0 Å². The maximum absolute atomic E-state index is 12.6. The van der Waals surface area contributed by atoms with E-state index in [1.807, 2.05) is 6.92 Å². The number of carbonyl (C=O) groups is 3. The monoisotopic (exact) mass is 395 g/mol. The number of hydrogen-bond acceptors (Lipinski definition) is 4. The van der Waals surface area contributed by atoms with Crippen molar-refractivity contribution in [1.82, 2.24) is 9.80 Å². The highest BCUT2D eigenvalue weighted by Crippen LogP contribution is 2.25. The Kier molecular flexibility index (Phi) is 8.44. The SMILES string of the molecule is CCCCN1C(=O)c2ccc(C(=O)N(C)CCC(N)C(C)C)cc2C1=O.Cl. The molecular weight excluding hydrogens is 366 g/mol. The van der Waals surface area contributed by atoms with Crippen LogP contribution in [0.1, 0.15) is 71.1 Å². The second kappa shape index (κ2) is 9.85. The normalized spacial score (nSPS) is 14.2. The number of carbonyl (C=O) groups excluding carboxylic acids is 3. The highest BCUT2D eigenvalue weighted by molar-refractivity contribution is 6.22. The molecule has 0 spiro atoms. The van der Waals surface area contributed by atoms with Crippen LogP contribution >= 0.6 is 12.4 Å². The van der Waals surface area contributed by atoms with Crippen LogP contribution in [0, 0.1) is 5.92 Å². The molecule has 0 aromatic heterocycles. The number of nitrogens with two attached hydrogens (primary N) is 1. The van der Waals surface area contributed by atoms with Crippen molar-refractivity contribution in [2.24, 2.45) is 11.7 Å². The van der Waals surface area contributed by atoms with Crippen LogP contribution in [-0.4, -0.2) is 53.7 Å². The molecule has 0 bridgehead atoms. The Bertz CT molecular complexity index is 706. The lowest BCUT2D eigenvalue weighted by molar-refractivity contribution is 0.0652.